The van der Waals surface area contributed by atoms with Crippen LogP contribution in [0.25, 0.3) is 0 Å². The Labute approximate surface area is 105 Å². The third-order valence-electron chi connectivity index (χ3n) is 3.85. The molecule has 0 aromatic heterocycles. The van der Waals surface area contributed by atoms with E-state index in [2.05, 4.69) is 17.1 Å². The van der Waals surface area contributed by atoms with Gasteiger partial charge in [-0.25, -0.2) is 0 Å². The Morgan fingerprint density at radius 2 is 2.18 bits per heavy atom. The van der Waals surface area contributed by atoms with Crippen molar-refractivity contribution in [3.05, 3.63) is 0 Å². The van der Waals surface area contributed by atoms with Crippen molar-refractivity contribution in [2.75, 3.05) is 26.7 Å². The van der Waals surface area contributed by atoms with Crippen LogP contribution in [-0.4, -0.2) is 43.5 Å². The molecule has 4 heteroatoms. The predicted molar refractivity (Wildman–Crippen MR) is 70.7 cm³/mol. The minimum Gasteiger partial charge on any atom is -0.355 e. The van der Waals surface area contributed by atoms with Crippen molar-refractivity contribution in [3.63, 3.8) is 0 Å². The number of hydrogen-bond donors (Lipinski definition) is 2. The SMILES string of the molecule is CCNC(=O)CN(C)C1CC(C)CCC1CN. The molecule has 3 unspecified atom stereocenters. The molecule has 100 valence electrons. The van der Waals surface area contributed by atoms with Crippen molar-refractivity contribution in [3.8, 4) is 0 Å². The maximum atomic E-state index is 11.6. The van der Waals surface area contributed by atoms with Gasteiger partial charge in [0.1, 0.15) is 0 Å². The van der Waals surface area contributed by atoms with Crippen molar-refractivity contribution in [2.24, 2.45) is 17.6 Å². The fourth-order valence-electron chi connectivity index (χ4n) is 2.83. The van der Waals surface area contributed by atoms with Gasteiger partial charge in [-0.05, 0) is 45.2 Å². The Morgan fingerprint density at radius 3 is 2.76 bits per heavy atom. The van der Waals surface area contributed by atoms with Gasteiger partial charge in [0.2, 0.25) is 5.91 Å². The van der Waals surface area contributed by atoms with Crippen LogP contribution in [0, 0.1) is 11.8 Å². The number of rotatable bonds is 5. The lowest BCUT2D eigenvalue weighted by atomic mass is 9.78. The van der Waals surface area contributed by atoms with E-state index in [-0.39, 0.29) is 5.91 Å². The molecule has 0 heterocycles. The van der Waals surface area contributed by atoms with Crippen LogP contribution in [0.2, 0.25) is 0 Å². The van der Waals surface area contributed by atoms with E-state index < -0.39 is 0 Å². The van der Waals surface area contributed by atoms with Crippen LogP contribution in [0.15, 0.2) is 0 Å². The molecule has 0 aliphatic heterocycles. The van der Waals surface area contributed by atoms with Gasteiger partial charge in [-0.2, -0.15) is 0 Å². The topological polar surface area (TPSA) is 58.4 Å². The van der Waals surface area contributed by atoms with E-state index in [1.54, 1.807) is 0 Å². The highest BCUT2D eigenvalue weighted by molar-refractivity contribution is 5.77. The highest BCUT2D eigenvalue weighted by atomic mass is 16.2. The second-order valence-electron chi connectivity index (χ2n) is 5.35. The van der Waals surface area contributed by atoms with Crippen LogP contribution in [0.3, 0.4) is 0 Å². The smallest absolute Gasteiger partial charge is 0.234 e. The number of amides is 1. The molecule has 1 fully saturated rings. The molecule has 4 nitrogen and oxygen atoms in total. The minimum atomic E-state index is 0.115. The monoisotopic (exact) mass is 241 g/mol. The Kier molecular flexibility index (Phi) is 5.92. The van der Waals surface area contributed by atoms with Crippen LogP contribution in [0.5, 0.6) is 0 Å². The molecule has 0 radical (unpaired) electrons. The zero-order chi connectivity index (χ0) is 12.8. The summed E-state index contributed by atoms with van der Waals surface area (Å²) in [4.78, 5) is 13.8. The standard InChI is InChI=1S/C13H27N3O/c1-4-15-13(17)9-16(3)12-7-10(2)5-6-11(12)8-14/h10-12H,4-9,14H2,1-3H3,(H,15,17). The zero-order valence-electron chi connectivity index (χ0n) is 11.4. The summed E-state index contributed by atoms with van der Waals surface area (Å²) in [6.45, 7) is 6.16. The van der Waals surface area contributed by atoms with Crippen LogP contribution >= 0.6 is 0 Å². The van der Waals surface area contributed by atoms with Gasteiger partial charge >= 0.3 is 0 Å². The normalized spacial score (nSPS) is 29.4. The van der Waals surface area contributed by atoms with E-state index in [0.717, 1.165) is 18.9 Å². The number of carbonyl (C=O) groups excluding carboxylic acids is 1. The van der Waals surface area contributed by atoms with E-state index in [9.17, 15) is 4.79 Å². The van der Waals surface area contributed by atoms with Crippen molar-refractivity contribution >= 4 is 5.91 Å². The van der Waals surface area contributed by atoms with E-state index in [1.165, 1.54) is 12.8 Å². The summed E-state index contributed by atoms with van der Waals surface area (Å²) in [6.07, 6.45) is 3.63. The van der Waals surface area contributed by atoms with Gasteiger partial charge in [-0.15, -0.1) is 0 Å². The molecule has 3 atom stereocenters. The second kappa shape index (κ2) is 6.97. The summed E-state index contributed by atoms with van der Waals surface area (Å²) in [6, 6.07) is 0.464. The molecule has 0 aromatic rings. The quantitative estimate of drug-likeness (QED) is 0.749. The Balaban J connectivity index is 2.51. The number of nitrogens with one attached hydrogen (secondary N) is 1. The summed E-state index contributed by atoms with van der Waals surface area (Å²) < 4.78 is 0. The zero-order valence-corrected chi connectivity index (χ0v) is 11.4. The molecule has 1 saturated carbocycles. The molecule has 0 saturated heterocycles. The lowest BCUT2D eigenvalue weighted by Crippen LogP contribution is -2.48. The maximum Gasteiger partial charge on any atom is 0.234 e. The molecular formula is C13H27N3O. The molecule has 0 spiro atoms. The van der Waals surface area contributed by atoms with Gasteiger partial charge in [-0.1, -0.05) is 13.3 Å². The largest absolute Gasteiger partial charge is 0.355 e. The minimum absolute atomic E-state index is 0.115. The molecule has 0 bridgehead atoms. The molecule has 1 amide bonds. The predicted octanol–water partition coefficient (Wildman–Crippen LogP) is 0.818. The molecular weight excluding hydrogens is 214 g/mol. The molecule has 3 N–H and O–H groups in total. The second-order valence-corrected chi connectivity index (χ2v) is 5.35. The summed E-state index contributed by atoms with van der Waals surface area (Å²) >= 11 is 0. The maximum absolute atomic E-state index is 11.6. The van der Waals surface area contributed by atoms with Gasteiger partial charge in [-0.3, -0.25) is 9.69 Å². The summed E-state index contributed by atoms with van der Waals surface area (Å²) in [7, 11) is 2.04. The van der Waals surface area contributed by atoms with Gasteiger partial charge in [0, 0.05) is 12.6 Å². The summed E-state index contributed by atoms with van der Waals surface area (Å²) in [5.41, 5.74) is 5.84. The first-order chi connectivity index (χ1) is 8.08. The first-order valence-corrected chi connectivity index (χ1v) is 6.75. The average molecular weight is 241 g/mol. The number of nitrogens with two attached hydrogens (primary N) is 1. The number of hydrogen-bond acceptors (Lipinski definition) is 3. The van der Waals surface area contributed by atoms with E-state index in [0.29, 0.717) is 25.0 Å². The fourth-order valence-corrected chi connectivity index (χ4v) is 2.83. The average Bonchev–Trinajstić information content (AvgIpc) is 2.29. The highest BCUT2D eigenvalue weighted by Gasteiger charge is 2.31. The van der Waals surface area contributed by atoms with Gasteiger partial charge in [0.15, 0.2) is 0 Å². The Hall–Kier alpha value is -0.610. The molecule has 1 aliphatic carbocycles. The van der Waals surface area contributed by atoms with E-state index in [4.69, 9.17) is 5.73 Å². The summed E-state index contributed by atoms with van der Waals surface area (Å²) in [5, 5.41) is 2.85. The molecule has 17 heavy (non-hydrogen) atoms. The van der Waals surface area contributed by atoms with E-state index >= 15 is 0 Å². The van der Waals surface area contributed by atoms with Crippen LogP contribution in [-0.2, 0) is 4.79 Å². The Bertz CT molecular complexity index is 245. The van der Waals surface area contributed by atoms with Crippen molar-refractivity contribution in [1.29, 1.82) is 0 Å². The van der Waals surface area contributed by atoms with Crippen molar-refractivity contribution in [2.45, 2.75) is 39.2 Å². The first kappa shape index (κ1) is 14.5. The van der Waals surface area contributed by atoms with Gasteiger partial charge in [0.25, 0.3) is 0 Å². The van der Waals surface area contributed by atoms with Gasteiger partial charge in [0.05, 0.1) is 6.54 Å². The van der Waals surface area contributed by atoms with E-state index in [1.807, 2.05) is 14.0 Å². The first-order valence-electron chi connectivity index (χ1n) is 6.75. The van der Waals surface area contributed by atoms with Crippen LogP contribution < -0.4 is 11.1 Å². The molecule has 1 aliphatic rings. The lowest BCUT2D eigenvalue weighted by molar-refractivity contribution is -0.122. The lowest BCUT2D eigenvalue weighted by Gasteiger charge is -2.39. The molecule has 1 rings (SSSR count). The number of carbonyl (C=O) groups is 1. The third kappa shape index (κ3) is 4.28. The van der Waals surface area contributed by atoms with Crippen molar-refractivity contribution < 1.29 is 4.79 Å². The van der Waals surface area contributed by atoms with Crippen molar-refractivity contribution in [1.82, 2.24) is 10.2 Å². The third-order valence-corrected chi connectivity index (χ3v) is 3.85. The summed E-state index contributed by atoms with van der Waals surface area (Å²) in [5.74, 6) is 1.41. The molecule has 0 aromatic carbocycles. The van der Waals surface area contributed by atoms with Gasteiger partial charge < -0.3 is 11.1 Å². The number of nitrogens with zero attached hydrogens (tertiary/aromatic N) is 1. The highest BCUT2D eigenvalue weighted by Crippen LogP contribution is 2.30. The Morgan fingerprint density at radius 1 is 1.47 bits per heavy atom. The van der Waals surface area contributed by atoms with Crippen LogP contribution in [0.4, 0.5) is 0 Å². The fraction of sp³-hybridized carbons (Fsp3) is 0.923. The number of likely N-dealkylation sites (N-methyl/N-ethyl adjacent to an activating group) is 2. The van der Waals surface area contributed by atoms with Crippen LogP contribution in [0.1, 0.15) is 33.1 Å².